The Morgan fingerprint density at radius 1 is 1.17 bits per heavy atom. The molecule has 182 valence electrons. The maximum atomic E-state index is 13.5. The highest BCUT2D eigenvalue weighted by Crippen LogP contribution is 2.34. The molecule has 4 rings (SSSR count). The smallest absolute Gasteiger partial charge is 0.321 e. The molecule has 0 amide bonds. The minimum absolute atomic E-state index is 0.211. The van der Waals surface area contributed by atoms with E-state index in [1.54, 1.807) is 67.6 Å². The SMILES string of the molecule is CC1(CS(=O)(=O)C(CCn2nnc3ccccc3c2=O)C(=O)O)C=CC(c2cccc(F)c2)C=C1. The molecular formula is C25H24FN3O5S. The third-order valence-electron chi connectivity index (χ3n) is 6.06. The third-order valence-corrected chi connectivity index (χ3v) is 8.38. The van der Waals surface area contributed by atoms with Crippen molar-refractivity contribution in [3.63, 3.8) is 0 Å². The van der Waals surface area contributed by atoms with Gasteiger partial charge in [-0.3, -0.25) is 9.59 Å². The van der Waals surface area contributed by atoms with Gasteiger partial charge in [0.15, 0.2) is 15.1 Å². The summed E-state index contributed by atoms with van der Waals surface area (Å²) in [5.74, 6) is -2.50. The molecule has 1 N–H and O–H groups in total. The molecule has 1 unspecified atom stereocenters. The number of nitrogens with zero attached hydrogens (tertiary/aromatic N) is 3. The number of benzene rings is 2. The summed E-state index contributed by atoms with van der Waals surface area (Å²) in [6.45, 7) is 1.48. The van der Waals surface area contributed by atoms with E-state index in [1.165, 1.54) is 12.1 Å². The second-order valence-electron chi connectivity index (χ2n) is 8.86. The lowest BCUT2D eigenvalue weighted by atomic mass is 9.83. The van der Waals surface area contributed by atoms with Crippen LogP contribution in [0.15, 0.2) is 77.6 Å². The number of allylic oxidation sites excluding steroid dienone is 4. The molecule has 1 heterocycles. The van der Waals surface area contributed by atoms with Crippen LogP contribution in [0, 0.1) is 11.2 Å². The summed E-state index contributed by atoms with van der Waals surface area (Å²) in [4.78, 5) is 24.5. The van der Waals surface area contributed by atoms with E-state index in [4.69, 9.17) is 0 Å². The minimum Gasteiger partial charge on any atom is -0.480 e. The predicted molar refractivity (Wildman–Crippen MR) is 129 cm³/mol. The number of carbonyl (C=O) groups is 1. The summed E-state index contributed by atoms with van der Waals surface area (Å²) >= 11 is 0. The Morgan fingerprint density at radius 2 is 1.89 bits per heavy atom. The van der Waals surface area contributed by atoms with Crippen LogP contribution in [0.5, 0.6) is 0 Å². The fourth-order valence-electron chi connectivity index (χ4n) is 4.20. The molecule has 0 saturated heterocycles. The maximum absolute atomic E-state index is 13.5. The number of aromatic nitrogens is 3. The summed E-state index contributed by atoms with van der Waals surface area (Å²) in [5, 5.41) is 16.0. The van der Waals surface area contributed by atoms with Crippen molar-refractivity contribution in [3.05, 3.63) is 94.6 Å². The second-order valence-corrected chi connectivity index (χ2v) is 11.0. The number of aliphatic carboxylic acids is 1. The summed E-state index contributed by atoms with van der Waals surface area (Å²) in [5.41, 5.74) is -0.273. The first kappa shape index (κ1) is 24.5. The van der Waals surface area contributed by atoms with Crippen molar-refractivity contribution in [2.45, 2.75) is 31.1 Å². The highest BCUT2D eigenvalue weighted by Gasteiger charge is 2.38. The third kappa shape index (κ3) is 5.37. The average molecular weight is 498 g/mol. The Morgan fingerprint density at radius 3 is 2.57 bits per heavy atom. The lowest BCUT2D eigenvalue weighted by molar-refractivity contribution is -0.136. The topological polar surface area (TPSA) is 119 Å². The number of hydrogen-bond acceptors (Lipinski definition) is 6. The van der Waals surface area contributed by atoms with E-state index in [2.05, 4.69) is 10.3 Å². The lowest BCUT2D eigenvalue weighted by Gasteiger charge is -2.28. The standard InChI is InChI=1S/C25H24FN3O5S/c1-25(12-9-17(10-13-25)18-5-4-6-19(26)15-18)16-35(33,34)22(24(31)32)11-14-29-23(30)20-7-2-3-8-21(20)27-28-29/h2-10,12-13,15,17,22H,11,14,16H2,1H3,(H,31,32). The Labute approximate surface area is 201 Å². The van der Waals surface area contributed by atoms with Gasteiger partial charge in [-0.15, -0.1) is 5.10 Å². The van der Waals surface area contributed by atoms with Crippen molar-refractivity contribution in [1.82, 2.24) is 15.0 Å². The summed E-state index contributed by atoms with van der Waals surface area (Å²) in [6.07, 6.45) is 6.64. The molecule has 2 aromatic carbocycles. The highest BCUT2D eigenvalue weighted by atomic mass is 32.2. The van der Waals surface area contributed by atoms with E-state index in [1.807, 2.05) is 0 Å². The number of hydrogen-bond donors (Lipinski definition) is 1. The van der Waals surface area contributed by atoms with Gasteiger partial charge >= 0.3 is 5.97 Å². The molecule has 0 radical (unpaired) electrons. The molecule has 0 bridgehead atoms. The Kier molecular flexibility index (Phi) is 6.66. The maximum Gasteiger partial charge on any atom is 0.321 e. The number of aryl methyl sites for hydroxylation is 1. The average Bonchev–Trinajstić information content (AvgIpc) is 2.80. The Bertz CT molecular complexity index is 1480. The molecule has 35 heavy (non-hydrogen) atoms. The van der Waals surface area contributed by atoms with E-state index in [0.29, 0.717) is 10.9 Å². The van der Waals surface area contributed by atoms with E-state index < -0.39 is 37.8 Å². The van der Waals surface area contributed by atoms with Gasteiger partial charge in [-0.1, -0.05) is 60.7 Å². The number of halogens is 1. The molecular weight excluding hydrogens is 473 g/mol. The van der Waals surface area contributed by atoms with Gasteiger partial charge < -0.3 is 5.11 Å². The van der Waals surface area contributed by atoms with Crippen molar-refractivity contribution in [2.24, 2.45) is 5.41 Å². The first-order valence-electron chi connectivity index (χ1n) is 11.0. The molecule has 10 heteroatoms. The number of carboxylic acid groups (broad SMARTS) is 1. The van der Waals surface area contributed by atoms with E-state index in [0.717, 1.165) is 10.2 Å². The predicted octanol–water partition coefficient (Wildman–Crippen LogP) is 3.10. The molecule has 3 aromatic rings. The number of carboxylic acids is 1. The van der Waals surface area contributed by atoms with E-state index in [-0.39, 0.29) is 24.7 Å². The highest BCUT2D eigenvalue weighted by molar-refractivity contribution is 7.92. The van der Waals surface area contributed by atoms with E-state index >= 15 is 0 Å². The summed E-state index contributed by atoms with van der Waals surface area (Å²) < 4.78 is 40.8. The fraction of sp³-hybridized carbons (Fsp3) is 0.280. The normalized spacial score (nSPS) is 20.7. The van der Waals surface area contributed by atoms with Crippen molar-refractivity contribution in [2.75, 3.05) is 5.75 Å². The molecule has 0 spiro atoms. The monoisotopic (exact) mass is 497 g/mol. The quantitative estimate of drug-likeness (QED) is 0.475. The van der Waals surface area contributed by atoms with Crippen LogP contribution < -0.4 is 5.56 Å². The molecule has 1 atom stereocenters. The molecule has 1 aromatic heterocycles. The Balaban J connectivity index is 1.50. The van der Waals surface area contributed by atoms with Gasteiger partial charge in [-0.2, -0.15) is 0 Å². The number of sulfone groups is 1. The molecule has 0 fully saturated rings. The second kappa shape index (κ2) is 9.53. The van der Waals surface area contributed by atoms with Crippen LogP contribution in [-0.4, -0.2) is 45.5 Å². The lowest BCUT2D eigenvalue weighted by Crippen LogP contribution is -2.38. The van der Waals surface area contributed by atoms with Gasteiger partial charge in [0.05, 0.1) is 11.1 Å². The number of rotatable bonds is 8. The first-order chi connectivity index (χ1) is 16.6. The minimum atomic E-state index is -4.12. The van der Waals surface area contributed by atoms with Crippen LogP contribution in [0.25, 0.3) is 10.9 Å². The molecule has 1 aliphatic rings. The van der Waals surface area contributed by atoms with Crippen LogP contribution in [0.3, 0.4) is 0 Å². The molecule has 8 nitrogen and oxygen atoms in total. The number of fused-ring (bicyclic) bond motifs is 1. The zero-order valence-corrected chi connectivity index (χ0v) is 19.7. The van der Waals surface area contributed by atoms with Crippen LogP contribution >= 0.6 is 0 Å². The van der Waals surface area contributed by atoms with Gasteiger partial charge in [0.25, 0.3) is 5.56 Å². The van der Waals surface area contributed by atoms with Gasteiger partial charge in [-0.05, 0) is 36.2 Å². The van der Waals surface area contributed by atoms with Crippen LogP contribution in [0.2, 0.25) is 0 Å². The molecule has 0 aliphatic heterocycles. The van der Waals surface area contributed by atoms with Gasteiger partial charge in [0.1, 0.15) is 11.3 Å². The van der Waals surface area contributed by atoms with E-state index in [9.17, 15) is 27.5 Å². The summed E-state index contributed by atoms with van der Waals surface area (Å²) in [6, 6.07) is 12.7. The van der Waals surface area contributed by atoms with Crippen molar-refractivity contribution in [3.8, 4) is 0 Å². The van der Waals surface area contributed by atoms with Crippen LogP contribution in [0.4, 0.5) is 4.39 Å². The van der Waals surface area contributed by atoms with Crippen LogP contribution in [0.1, 0.15) is 24.8 Å². The van der Waals surface area contributed by atoms with Gasteiger partial charge in [0, 0.05) is 17.9 Å². The zero-order valence-electron chi connectivity index (χ0n) is 18.9. The Hall–Kier alpha value is -3.66. The van der Waals surface area contributed by atoms with Gasteiger partial charge in [-0.25, -0.2) is 17.5 Å². The zero-order chi connectivity index (χ0) is 25.2. The molecule has 0 saturated carbocycles. The molecule has 1 aliphatic carbocycles. The summed E-state index contributed by atoms with van der Waals surface area (Å²) in [7, 11) is -4.12. The first-order valence-corrected chi connectivity index (χ1v) is 12.7. The van der Waals surface area contributed by atoms with Crippen molar-refractivity contribution < 1.29 is 22.7 Å². The van der Waals surface area contributed by atoms with Crippen molar-refractivity contribution >= 4 is 26.7 Å². The largest absolute Gasteiger partial charge is 0.480 e. The fourth-order valence-corrected chi connectivity index (χ4v) is 6.23. The van der Waals surface area contributed by atoms with Gasteiger partial charge in [0.2, 0.25) is 0 Å². The van der Waals surface area contributed by atoms with Crippen LogP contribution in [-0.2, 0) is 21.2 Å². The van der Waals surface area contributed by atoms with Crippen molar-refractivity contribution in [1.29, 1.82) is 0 Å².